The summed E-state index contributed by atoms with van der Waals surface area (Å²) in [4.78, 5) is 0. The molecule has 0 aliphatic rings. The summed E-state index contributed by atoms with van der Waals surface area (Å²) >= 11 is 0. The molecule has 1 atom stereocenters. The topological polar surface area (TPSA) is 44.5 Å². The Morgan fingerprint density at radius 3 is 2.58 bits per heavy atom. The lowest BCUT2D eigenvalue weighted by atomic mass is 10.0. The number of hydrogen-bond donors (Lipinski definition) is 1. The van der Waals surface area contributed by atoms with Gasteiger partial charge in [-0.2, -0.15) is 0 Å². The lowest BCUT2D eigenvalue weighted by molar-refractivity contribution is 0.00537. The molecule has 108 valence electrons. The van der Waals surface area contributed by atoms with Gasteiger partial charge in [-0.3, -0.25) is 0 Å². The van der Waals surface area contributed by atoms with Crippen molar-refractivity contribution in [2.75, 3.05) is 13.7 Å². The van der Waals surface area contributed by atoms with Crippen molar-refractivity contribution in [1.29, 1.82) is 0 Å². The second-order valence-electron chi connectivity index (χ2n) is 5.54. The van der Waals surface area contributed by atoms with Gasteiger partial charge in [-0.25, -0.2) is 0 Å². The fourth-order valence-electron chi connectivity index (χ4n) is 1.75. The minimum atomic E-state index is -0.144. The Morgan fingerprint density at radius 1 is 1.26 bits per heavy atom. The fourth-order valence-corrected chi connectivity index (χ4v) is 1.75. The van der Waals surface area contributed by atoms with Crippen LogP contribution in [-0.2, 0) is 11.2 Å². The van der Waals surface area contributed by atoms with E-state index in [9.17, 15) is 0 Å². The molecule has 3 nitrogen and oxygen atoms in total. The van der Waals surface area contributed by atoms with Crippen LogP contribution in [0.2, 0.25) is 0 Å². The van der Waals surface area contributed by atoms with Crippen molar-refractivity contribution in [2.24, 2.45) is 5.73 Å². The molecular weight excluding hydrogens is 238 g/mol. The van der Waals surface area contributed by atoms with E-state index in [1.165, 1.54) is 5.56 Å². The van der Waals surface area contributed by atoms with E-state index in [4.69, 9.17) is 15.2 Å². The maximum Gasteiger partial charge on any atom is 0.122 e. The average molecular weight is 265 g/mol. The highest BCUT2D eigenvalue weighted by Crippen LogP contribution is 2.21. The Kier molecular flexibility index (Phi) is 6.32. The Labute approximate surface area is 117 Å². The molecule has 1 rings (SSSR count). The van der Waals surface area contributed by atoms with Gasteiger partial charge in [-0.05, 0) is 38.3 Å². The predicted molar refractivity (Wildman–Crippen MR) is 79.6 cm³/mol. The minimum Gasteiger partial charge on any atom is -0.493 e. The molecular formula is C16H27NO2. The summed E-state index contributed by atoms with van der Waals surface area (Å²) in [5.74, 6) is 0.943. The molecule has 1 unspecified atom stereocenters. The lowest BCUT2D eigenvalue weighted by Crippen LogP contribution is -2.25. The van der Waals surface area contributed by atoms with E-state index >= 15 is 0 Å². The number of para-hydroxylation sites is 1. The molecule has 0 radical (unpaired) electrons. The number of methoxy groups -OCH3 is 1. The number of benzene rings is 1. The van der Waals surface area contributed by atoms with Crippen LogP contribution in [0.3, 0.4) is 0 Å². The Balaban J connectivity index is 2.58. The summed E-state index contributed by atoms with van der Waals surface area (Å²) < 4.78 is 11.3. The van der Waals surface area contributed by atoms with Crippen LogP contribution in [0.25, 0.3) is 0 Å². The maximum absolute atomic E-state index is 6.02. The Morgan fingerprint density at radius 2 is 1.95 bits per heavy atom. The monoisotopic (exact) mass is 265 g/mol. The van der Waals surface area contributed by atoms with E-state index < -0.39 is 0 Å². The molecule has 19 heavy (non-hydrogen) atoms. The molecule has 0 amide bonds. The summed E-state index contributed by atoms with van der Waals surface area (Å²) in [6.45, 7) is 6.89. The second kappa shape index (κ2) is 7.51. The first-order chi connectivity index (χ1) is 8.98. The smallest absolute Gasteiger partial charge is 0.122 e. The molecule has 0 aromatic heterocycles. The molecule has 3 heteroatoms. The van der Waals surface area contributed by atoms with Gasteiger partial charge in [0.05, 0.1) is 12.2 Å². The van der Waals surface area contributed by atoms with Gasteiger partial charge in [0.1, 0.15) is 5.75 Å². The molecule has 0 fully saturated rings. The molecule has 1 aromatic rings. The average Bonchev–Trinajstić information content (AvgIpc) is 2.40. The van der Waals surface area contributed by atoms with E-state index in [1.807, 2.05) is 18.2 Å². The van der Waals surface area contributed by atoms with Gasteiger partial charge in [0.25, 0.3) is 0 Å². The second-order valence-corrected chi connectivity index (χ2v) is 5.54. The molecule has 0 saturated carbocycles. The zero-order valence-corrected chi connectivity index (χ0v) is 12.6. The van der Waals surface area contributed by atoms with Gasteiger partial charge in [0.15, 0.2) is 0 Å². The van der Waals surface area contributed by atoms with Crippen molar-refractivity contribution >= 4 is 0 Å². The van der Waals surface area contributed by atoms with Crippen molar-refractivity contribution in [3.63, 3.8) is 0 Å². The molecule has 0 heterocycles. The normalized spacial score (nSPS) is 13.3. The quantitative estimate of drug-likeness (QED) is 0.785. The van der Waals surface area contributed by atoms with E-state index in [1.54, 1.807) is 7.11 Å². The first kappa shape index (κ1) is 16.0. The number of rotatable bonds is 8. The lowest BCUT2D eigenvalue weighted by Gasteiger charge is -2.23. The van der Waals surface area contributed by atoms with E-state index in [0.717, 1.165) is 25.0 Å². The third kappa shape index (κ3) is 5.62. The van der Waals surface area contributed by atoms with Crippen LogP contribution >= 0.6 is 0 Å². The van der Waals surface area contributed by atoms with Crippen LogP contribution in [-0.4, -0.2) is 25.4 Å². The molecule has 1 aromatic carbocycles. The van der Waals surface area contributed by atoms with E-state index in [2.05, 4.69) is 26.8 Å². The van der Waals surface area contributed by atoms with E-state index in [-0.39, 0.29) is 11.6 Å². The highest BCUT2D eigenvalue weighted by molar-refractivity contribution is 5.33. The highest BCUT2D eigenvalue weighted by Gasteiger charge is 2.16. The zero-order valence-electron chi connectivity index (χ0n) is 12.6. The fraction of sp³-hybridized carbons (Fsp3) is 0.625. The minimum absolute atomic E-state index is 0.144. The van der Waals surface area contributed by atoms with Gasteiger partial charge >= 0.3 is 0 Å². The van der Waals surface area contributed by atoms with Crippen LogP contribution in [0.1, 0.15) is 39.2 Å². The first-order valence-corrected chi connectivity index (χ1v) is 7.00. The van der Waals surface area contributed by atoms with Gasteiger partial charge < -0.3 is 15.2 Å². The molecule has 0 spiro atoms. The zero-order chi connectivity index (χ0) is 14.3. The summed E-state index contributed by atoms with van der Waals surface area (Å²) in [6, 6.07) is 8.32. The van der Waals surface area contributed by atoms with Crippen LogP contribution in [0.5, 0.6) is 5.75 Å². The van der Waals surface area contributed by atoms with Crippen molar-refractivity contribution in [1.82, 2.24) is 0 Å². The van der Waals surface area contributed by atoms with Gasteiger partial charge in [0.2, 0.25) is 0 Å². The summed E-state index contributed by atoms with van der Waals surface area (Å²) in [5.41, 5.74) is 7.06. The van der Waals surface area contributed by atoms with Crippen molar-refractivity contribution in [3.8, 4) is 5.75 Å². The Bertz CT molecular complexity index is 377. The number of hydrogen-bond acceptors (Lipinski definition) is 3. The van der Waals surface area contributed by atoms with Gasteiger partial charge in [-0.15, -0.1) is 0 Å². The van der Waals surface area contributed by atoms with Crippen molar-refractivity contribution < 1.29 is 9.47 Å². The first-order valence-electron chi connectivity index (χ1n) is 7.00. The summed E-state index contributed by atoms with van der Waals surface area (Å²) in [7, 11) is 1.73. The van der Waals surface area contributed by atoms with Crippen molar-refractivity contribution in [3.05, 3.63) is 29.8 Å². The van der Waals surface area contributed by atoms with Crippen molar-refractivity contribution in [2.45, 2.75) is 51.7 Å². The molecule has 0 aliphatic heterocycles. The third-order valence-electron chi connectivity index (χ3n) is 3.49. The van der Waals surface area contributed by atoms with Crippen LogP contribution < -0.4 is 10.5 Å². The van der Waals surface area contributed by atoms with Crippen LogP contribution in [0.15, 0.2) is 24.3 Å². The molecule has 2 N–H and O–H groups in total. The maximum atomic E-state index is 6.02. The molecule has 0 saturated heterocycles. The largest absolute Gasteiger partial charge is 0.493 e. The predicted octanol–water partition coefficient (Wildman–Crippen LogP) is 3.16. The molecule has 0 aliphatic carbocycles. The highest BCUT2D eigenvalue weighted by atomic mass is 16.5. The van der Waals surface area contributed by atoms with Gasteiger partial charge in [-0.1, -0.05) is 25.1 Å². The Hall–Kier alpha value is -1.06. The van der Waals surface area contributed by atoms with Crippen LogP contribution in [0.4, 0.5) is 0 Å². The number of nitrogens with two attached hydrogens (primary N) is 1. The van der Waals surface area contributed by atoms with E-state index in [0.29, 0.717) is 6.61 Å². The number of ether oxygens (including phenoxy) is 2. The molecule has 0 bridgehead atoms. The van der Waals surface area contributed by atoms with Gasteiger partial charge in [0, 0.05) is 19.6 Å². The third-order valence-corrected chi connectivity index (χ3v) is 3.49. The summed E-state index contributed by atoms with van der Waals surface area (Å²) in [6.07, 6.45) is 2.70. The summed E-state index contributed by atoms with van der Waals surface area (Å²) in [5, 5.41) is 0. The standard InChI is InChI=1S/C16H27NO2/c1-5-14(17)12-13-8-6-7-9-15(13)19-11-10-16(2,3)18-4/h6-9,14H,5,10-12,17H2,1-4H3. The van der Waals surface area contributed by atoms with Crippen LogP contribution in [0, 0.1) is 0 Å². The SMILES string of the molecule is CCC(N)Cc1ccccc1OCCC(C)(C)OC.